The van der Waals surface area contributed by atoms with Gasteiger partial charge in [-0.25, -0.2) is 4.98 Å². The number of fused-ring (bicyclic) bond motifs is 1. The van der Waals surface area contributed by atoms with Gasteiger partial charge in [0, 0.05) is 50.4 Å². The molecule has 3 aromatic heterocycles. The van der Waals surface area contributed by atoms with Gasteiger partial charge in [0.05, 0.1) is 38.2 Å². The van der Waals surface area contributed by atoms with E-state index in [1.165, 1.54) is 13.2 Å². The summed E-state index contributed by atoms with van der Waals surface area (Å²) in [4.78, 5) is 17.6. The van der Waals surface area contributed by atoms with Crippen molar-refractivity contribution < 1.29 is 27.8 Å². The first-order valence-electron chi connectivity index (χ1n) is 13.8. The fraction of sp³-hybridized carbons (Fsp3) is 0.433. The number of ether oxygens (including phenoxy) is 2. The summed E-state index contributed by atoms with van der Waals surface area (Å²) < 4.78 is 49.9. The molecule has 1 saturated carbocycles. The molecule has 0 bridgehead atoms. The molecule has 0 unspecified atom stereocenters. The molecule has 1 aliphatic rings. The van der Waals surface area contributed by atoms with Crippen LogP contribution in [0.4, 0.5) is 24.8 Å². The molecule has 1 fully saturated rings. The van der Waals surface area contributed by atoms with Crippen LogP contribution in [0.1, 0.15) is 23.3 Å². The molecule has 0 radical (unpaired) electrons. The van der Waals surface area contributed by atoms with E-state index in [4.69, 9.17) is 9.47 Å². The molecular weight excluding hydrogens is 617 g/mol. The number of aliphatic hydroxyl groups is 1. The third kappa shape index (κ3) is 7.45. The number of thiophene rings is 1. The number of nitrogens with zero attached hydrogens (tertiary/aromatic N) is 5. The van der Waals surface area contributed by atoms with Crippen LogP contribution >= 0.6 is 23.7 Å². The molecule has 0 aliphatic heterocycles. The number of benzene rings is 1. The first kappa shape index (κ1) is 33.5. The van der Waals surface area contributed by atoms with E-state index in [1.807, 2.05) is 48.3 Å². The van der Waals surface area contributed by atoms with Crippen LogP contribution in [0.15, 0.2) is 42.6 Å². The van der Waals surface area contributed by atoms with E-state index in [9.17, 15) is 18.3 Å². The molecule has 44 heavy (non-hydrogen) atoms. The Bertz CT molecular complexity index is 1570. The molecule has 1 aliphatic carbocycles. The number of aliphatic hydroxyl groups excluding tert-OH is 1. The van der Waals surface area contributed by atoms with E-state index < -0.39 is 18.7 Å². The van der Waals surface area contributed by atoms with Crippen LogP contribution in [0.3, 0.4) is 0 Å². The van der Waals surface area contributed by atoms with Crippen molar-refractivity contribution >= 4 is 45.6 Å². The molecule has 0 amide bonds. The van der Waals surface area contributed by atoms with Gasteiger partial charge in [0.15, 0.2) is 11.6 Å². The van der Waals surface area contributed by atoms with E-state index in [0.29, 0.717) is 41.2 Å². The molecule has 3 heterocycles. The average molecular weight is 653 g/mol. The second-order valence-electron chi connectivity index (χ2n) is 10.9. The third-order valence-electron chi connectivity index (χ3n) is 7.65. The Labute approximate surface area is 264 Å². The Morgan fingerprint density at radius 2 is 1.73 bits per heavy atom. The van der Waals surface area contributed by atoms with Gasteiger partial charge in [-0.1, -0.05) is 24.3 Å². The summed E-state index contributed by atoms with van der Waals surface area (Å²) in [5.41, 5.74) is 3.08. The zero-order valence-electron chi connectivity index (χ0n) is 25.1. The Hall–Kier alpha value is -3.39. The third-order valence-corrected chi connectivity index (χ3v) is 8.68. The molecule has 0 spiro atoms. The van der Waals surface area contributed by atoms with Gasteiger partial charge in [0.2, 0.25) is 0 Å². The maximum atomic E-state index is 13.1. The van der Waals surface area contributed by atoms with Crippen molar-refractivity contribution in [2.75, 3.05) is 45.2 Å². The van der Waals surface area contributed by atoms with Crippen molar-refractivity contribution in [3.63, 3.8) is 0 Å². The summed E-state index contributed by atoms with van der Waals surface area (Å²) in [6.45, 7) is 0.617. The number of aromatic nitrogens is 3. The van der Waals surface area contributed by atoms with Gasteiger partial charge in [0.25, 0.3) is 0 Å². The quantitative estimate of drug-likeness (QED) is 0.231. The molecule has 4 aromatic rings. The summed E-state index contributed by atoms with van der Waals surface area (Å²) >= 11 is 0.974. The highest BCUT2D eigenvalue weighted by atomic mass is 35.5. The van der Waals surface area contributed by atoms with Gasteiger partial charge in [-0.3, -0.25) is 0 Å². The number of nitrogens with one attached hydrogen (secondary N) is 1. The minimum atomic E-state index is -4.33. The normalized spacial score (nSPS) is 18.2. The van der Waals surface area contributed by atoms with Crippen LogP contribution in [-0.4, -0.2) is 79.8 Å². The molecule has 1 aromatic carbocycles. The van der Waals surface area contributed by atoms with E-state index >= 15 is 0 Å². The lowest BCUT2D eigenvalue weighted by atomic mass is 10.0. The predicted molar refractivity (Wildman–Crippen MR) is 170 cm³/mol. The van der Waals surface area contributed by atoms with E-state index in [-0.39, 0.29) is 35.4 Å². The molecular formula is C30H36ClF3N6O3S. The lowest BCUT2D eigenvalue weighted by molar-refractivity contribution is -0.126. The minimum Gasteiger partial charge on any atom is -0.493 e. The summed E-state index contributed by atoms with van der Waals surface area (Å²) in [6, 6.07) is 11.5. The number of methoxy groups -OCH3 is 2. The first-order chi connectivity index (χ1) is 20.5. The number of rotatable bonds is 10. The van der Waals surface area contributed by atoms with Crippen molar-refractivity contribution in [2.24, 2.45) is 0 Å². The van der Waals surface area contributed by atoms with Gasteiger partial charge < -0.3 is 29.7 Å². The topological polar surface area (TPSA) is 95.9 Å². The second kappa shape index (κ2) is 13.7. The van der Waals surface area contributed by atoms with E-state index in [0.717, 1.165) is 33.8 Å². The van der Waals surface area contributed by atoms with Gasteiger partial charge in [-0.15, -0.1) is 23.7 Å². The number of alkyl halides is 3. The summed E-state index contributed by atoms with van der Waals surface area (Å²) in [7, 11) is 8.69. The molecule has 238 valence electrons. The summed E-state index contributed by atoms with van der Waals surface area (Å²) in [5.74, 6) is 1.91. The van der Waals surface area contributed by atoms with Crippen LogP contribution in [0.2, 0.25) is 0 Å². The van der Waals surface area contributed by atoms with Gasteiger partial charge in [-0.05, 0) is 36.1 Å². The highest BCUT2D eigenvalue weighted by molar-refractivity contribution is 7.18. The van der Waals surface area contributed by atoms with Crippen LogP contribution < -0.4 is 24.6 Å². The van der Waals surface area contributed by atoms with Crippen LogP contribution in [-0.2, 0) is 13.0 Å². The summed E-state index contributed by atoms with van der Waals surface area (Å²) in [6.07, 6.45) is -3.02. The van der Waals surface area contributed by atoms with Gasteiger partial charge in [-0.2, -0.15) is 23.1 Å². The molecule has 9 nitrogen and oxygen atoms in total. The number of halogens is 4. The van der Waals surface area contributed by atoms with Crippen LogP contribution in [0.5, 0.6) is 11.8 Å². The monoisotopic (exact) mass is 652 g/mol. The number of hydrogen-bond donors (Lipinski definition) is 2. The minimum absolute atomic E-state index is 0. The van der Waals surface area contributed by atoms with Gasteiger partial charge >= 0.3 is 12.2 Å². The molecule has 3 atom stereocenters. The van der Waals surface area contributed by atoms with Crippen LogP contribution in [0, 0.1) is 0 Å². The van der Waals surface area contributed by atoms with Crippen molar-refractivity contribution in [3.8, 4) is 22.9 Å². The van der Waals surface area contributed by atoms with Crippen molar-refractivity contribution in [2.45, 2.75) is 50.2 Å². The predicted octanol–water partition coefficient (Wildman–Crippen LogP) is 5.48. The van der Waals surface area contributed by atoms with Gasteiger partial charge in [0.1, 0.15) is 10.6 Å². The second-order valence-corrected chi connectivity index (χ2v) is 12.0. The van der Waals surface area contributed by atoms with Crippen molar-refractivity contribution in [1.29, 1.82) is 0 Å². The fourth-order valence-corrected chi connectivity index (χ4v) is 6.52. The molecule has 14 heteroatoms. The lowest BCUT2D eigenvalue weighted by Crippen LogP contribution is -2.38. The molecule has 5 rings (SSSR count). The number of hydrogen-bond acceptors (Lipinski definition) is 10. The fourth-order valence-electron chi connectivity index (χ4n) is 5.47. The Morgan fingerprint density at radius 3 is 2.36 bits per heavy atom. The highest BCUT2D eigenvalue weighted by Crippen LogP contribution is 2.37. The highest BCUT2D eigenvalue weighted by Gasteiger charge is 2.37. The Morgan fingerprint density at radius 1 is 1.00 bits per heavy atom. The largest absolute Gasteiger partial charge is 0.493 e. The summed E-state index contributed by atoms with van der Waals surface area (Å²) in [5, 5.41) is 15.0. The Kier molecular flexibility index (Phi) is 10.4. The first-order valence-corrected chi connectivity index (χ1v) is 14.6. The molecule has 2 N–H and O–H groups in total. The Balaban J connectivity index is 0.00000442. The van der Waals surface area contributed by atoms with E-state index in [1.54, 1.807) is 14.2 Å². The van der Waals surface area contributed by atoms with Crippen molar-refractivity contribution in [1.82, 2.24) is 20.3 Å². The maximum Gasteiger partial charge on any atom is 0.393 e. The SMILES string of the molecule is COc1nc(N(C)[C@H]2C[C@@H](NCc3ccc(-c4cnc(N(C)C)c(OC)c4)cc3)C[C@H]2O)c2cc(CC(F)(F)F)sc2n1.Cl. The number of likely N-dealkylation sites (N-methyl/N-ethyl adjacent to an activating group) is 1. The lowest BCUT2D eigenvalue weighted by Gasteiger charge is -2.28. The maximum absolute atomic E-state index is 13.1. The zero-order valence-corrected chi connectivity index (χ0v) is 26.7. The smallest absolute Gasteiger partial charge is 0.393 e. The standard InChI is InChI=1S/C30H35F3N6O3S.ClH/c1-38(2)27-25(41-4)10-19(16-35-27)18-8-6-17(7-9-18)15-34-20-11-23(24(40)12-20)39(3)26-22-13-21(14-30(31,32)33)43-28(22)37-29(36-26)42-5;/h6-10,13,16,20,23-24,34,40H,11-12,14-15H2,1-5H3;1H/t20-,23+,24-;/m1./s1. The molecule has 0 saturated heterocycles. The van der Waals surface area contributed by atoms with Crippen LogP contribution in [0.25, 0.3) is 21.3 Å². The zero-order chi connectivity index (χ0) is 30.9. The number of pyridine rings is 1. The van der Waals surface area contributed by atoms with E-state index in [2.05, 4.69) is 32.4 Å². The average Bonchev–Trinajstić information content (AvgIpc) is 3.55. The van der Waals surface area contributed by atoms with Crippen molar-refractivity contribution in [3.05, 3.63) is 53.0 Å². The number of anilines is 2.